The van der Waals surface area contributed by atoms with Gasteiger partial charge < -0.3 is 0 Å². The Hall–Kier alpha value is -0.630. The van der Waals surface area contributed by atoms with Crippen LogP contribution in [0.25, 0.3) is 0 Å². The molecular weight excluding hydrogens is 254 g/mol. The number of benzene rings is 1. The van der Waals surface area contributed by atoms with Crippen LogP contribution in [0.2, 0.25) is 0 Å². The van der Waals surface area contributed by atoms with E-state index in [0.717, 1.165) is 12.0 Å². The lowest BCUT2D eigenvalue weighted by molar-refractivity contribution is -0.0528. The average Bonchev–Trinajstić information content (AvgIpc) is 2.27. The van der Waals surface area contributed by atoms with Crippen molar-refractivity contribution < 1.29 is 8.78 Å². The van der Waals surface area contributed by atoms with Gasteiger partial charge in [0, 0.05) is 18.2 Å². The zero-order chi connectivity index (χ0) is 13.2. The predicted octanol–water partition coefficient (Wildman–Crippen LogP) is 4.97. The molecule has 0 amide bonds. The molecule has 0 aliphatic heterocycles. The summed E-state index contributed by atoms with van der Waals surface area (Å²) >= 11 is 6.34. The van der Waals surface area contributed by atoms with Crippen LogP contribution in [0.5, 0.6) is 0 Å². The van der Waals surface area contributed by atoms with E-state index >= 15 is 0 Å². The normalized spacial score (nSPS) is 24.8. The molecule has 18 heavy (non-hydrogen) atoms. The summed E-state index contributed by atoms with van der Waals surface area (Å²) in [4.78, 5) is 0. The largest absolute Gasteiger partial charge is 0.248 e. The van der Waals surface area contributed by atoms with Crippen molar-refractivity contribution in [3.63, 3.8) is 0 Å². The van der Waals surface area contributed by atoms with Gasteiger partial charge in [-0.05, 0) is 37.7 Å². The van der Waals surface area contributed by atoms with E-state index < -0.39 is 5.92 Å². The number of aryl methyl sites for hydroxylation is 1. The van der Waals surface area contributed by atoms with E-state index in [0.29, 0.717) is 12.8 Å². The SMILES string of the molecule is Cc1cccc(CC(Cl)C2CCCC(F)(F)C2)c1. The summed E-state index contributed by atoms with van der Waals surface area (Å²) in [6, 6.07) is 8.12. The summed E-state index contributed by atoms with van der Waals surface area (Å²) in [5.74, 6) is -2.57. The first-order valence-corrected chi connectivity index (χ1v) is 6.97. The second kappa shape index (κ2) is 5.56. The Kier molecular flexibility index (Phi) is 4.26. The molecule has 0 radical (unpaired) electrons. The molecule has 0 spiro atoms. The highest BCUT2D eigenvalue weighted by Gasteiger charge is 2.38. The lowest BCUT2D eigenvalue weighted by Crippen LogP contribution is -2.31. The number of rotatable bonds is 3. The number of alkyl halides is 3. The van der Waals surface area contributed by atoms with Crippen molar-refractivity contribution in [1.82, 2.24) is 0 Å². The Labute approximate surface area is 112 Å². The van der Waals surface area contributed by atoms with Crippen LogP contribution in [0.3, 0.4) is 0 Å². The van der Waals surface area contributed by atoms with E-state index in [1.807, 2.05) is 25.1 Å². The minimum absolute atomic E-state index is 0.0254. The third-order valence-corrected chi connectivity index (χ3v) is 4.21. The van der Waals surface area contributed by atoms with E-state index in [2.05, 4.69) is 6.07 Å². The maximum Gasteiger partial charge on any atom is 0.248 e. The summed E-state index contributed by atoms with van der Waals surface area (Å²) in [6.45, 7) is 2.03. The summed E-state index contributed by atoms with van der Waals surface area (Å²) in [5, 5.41) is -0.182. The highest BCUT2D eigenvalue weighted by atomic mass is 35.5. The molecule has 0 N–H and O–H groups in total. The zero-order valence-corrected chi connectivity index (χ0v) is 11.4. The molecule has 0 aromatic heterocycles. The molecule has 1 aromatic carbocycles. The van der Waals surface area contributed by atoms with E-state index in [4.69, 9.17) is 11.6 Å². The molecule has 1 aromatic rings. The summed E-state index contributed by atoms with van der Waals surface area (Å²) < 4.78 is 26.7. The van der Waals surface area contributed by atoms with Gasteiger partial charge in [0.25, 0.3) is 0 Å². The molecule has 0 heterocycles. The molecule has 0 saturated heterocycles. The summed E-state index contributed by atoms with van der Waals surface area (Å²) in [6.07, 6.45) is 2.08. The highest BCUT2D eigenvalue weighted by molar-refractivity contribution is 6.20. The van der Waals surface area contributed by atoms with Crippen molar-refractivity contribution in [1.29, 1.82) is 0 Å². The van der Waals surface area contributed by atoms with Gasteiger partial charge >= 0.3 is 0 Å². The second-order valence-corrected chi connectivity index (χ2v) is 5.98. The van der Waals surface area contributed by atoms with Crippen molar-refractivity contribution in [2.45, 2.75) is 50.3 Å². The molecule has 3 heteroatoms. The van der Waals surface area contributed by atoms with Gasteiger partial charge in [0.2, 0.25) is 5.92 Å². The first-order chi connectivity index (χ1) is 8.46. The van der Waals surface area contributed by atoms with Crippen molar-refractivity contribution >= 4 is 11.6 Å². The highest BCUT2D eigenvalue weighted by Crippen LogP contribution is 2.40. The van der Waals surface area contributed by atoms with Crippen molar-refractivity contribution in [2.75, 3.05) is 0 Å². The third kappa shape index (κ3) is 3.68. The van der Waals surface area contributed by atoms with Gasteiger partial charge in [0.15, 0.2) is 0 Å². The quantitative estimate of drug-likeness (QED) is 0.682. The van der Waals surface area contributed by atoms with Crippen LogP contribution in [-0.4, -0.2) is 11.3 Å². The van der Waals surface area contributed by atoms with Crippen LogP contribution in [0.4, 0.5) is 8.78 Å². The Morgan fingerprint density at radius 3 is 2.89 bits per heavy atom. The van der Waals surface area contributed by atoms with E-state index in [1.165, 1.54) is 5.56 Å². The monoisotopic (exact) mass is 272 g/mol. The average molecular weight is 273 g/mol. The van der Waals surface area contributed by atoms with E-state index in [9.17, 15) is 8.78 Å². The smallest absolute Gasteiger partial charge is 0.207 e. The lowest BCUT2D eigenvalue weighted by Gasteiger charge is -2.31. The van der Waals surface area contributed by atoms with Gasteiger partial charge in [-0.25, -0.2) is 8.78 Å². The summed E-state index contributed by atoms with van der Waals surface area (Å²) in [7, 11) is 0. The van der Waals surface area contributed by atoms with Gasteiger partial charge in [-0.1, -0.05) is 29.8 Å². The van der Waals surface area contributed by atoms with Crippen molar-refractivity contribution in [2.24, 2.45) is 5.92 Å². The van der Waals surface area contributed by atoms with Crippen LogP contribution in [0.15, 0.2) is 24.3 Å². The number of hydrogen-bond acceptors (Lipinski definition) is 0. The molecule has 1 aliphatic carbocycles. The molecule has 100 valence electrons. The minimum atomic E-state index is -2.51. The fraction of sp³-hybridized carbons (Fsp3) is 0.600. The Morgan fingerprint density at radius 1 is 1.44 bits per heavy atom. The standard InChI is InChI=1S/C15H19ClF2/c1-11-4-2-5-12(8-11)9-14(16)13-6-3-7-15(17,18)10-13/h2,4-5,8,13-14H,3,6-7,9-10H2,1H3. The fourth-order valence-electron chi connectivity index (χ4n) is 2.75. The van der Waals surface area contributed by atoms with E-state index in [-0.39, 0.29) is 24.1 Å². The van der Waals surface area contributed by atoms with Crippen LogP contribution in [0, 0.1) is 12.8 Å². The van der Waals surface area contributed by atoms with Gasteiger partial charge in [0.1, 0.15) is 0 Å². The Balaban J connectivity index is 1.97. The molecule has 0 nitrogen and oxygen atoms in total. The topological polar surface area (TPSA) is 0 Å². The predicted molar refractivity (Wildman–Crippen MR) is 71.4 cm³/mol. The molecule has 1 aliphatic rings. The second-order valence-electron chi connectivity index (χ2n) is 5.42. The zero-order valence-electron chi connectivity index (χ0n) is 10.6. The Morgan fingerprint density at radius 2 is 2.22 bits per heavy atom. The summed E-state index contributed by atoms with van der Waals surface area (Å²) in [5.41, 5.74) is 2.33. The van der Waals surface area contributed by atoms with Gasteiger partial charge in [-0.15, -0.1) is 11.6 Å². The first-order valence-electron chi connectivity index (χ1n) is 6.54. The van der Waals surface area contributed by atoms with Gasteiger partial charge in [-0.3, -0.25) is 0 Å². The molecular formula is C15H19ClF2. The van der Waals surface area contributed by atoms with Crippen LogP contribution < -0.4 is 0 Å². The first kappa shape index (κ1) is 13.8. The van der Waals surface area contributed by atoms with Gasteiger partial charge in [0.05, 0.1) is 0 Å². The maximum atomic E-state index is 13.4. The van der Waals surface area contributed by atoms with Crippen molar-refractivity contribution in [3.8, 4) is 0 Å². The Bertz CT molecular complexity index is 403. The maximum absolute atomic E-state index is 13.4. The number of halogens is 3. The molecule has 0 bridgehead atoms. The lowest BCUT2D eigenvalue weighted by atomic mass is 9.82. The number of hydrogen-bond donors (Lipinski definition) is 0. The fourth-order valence-corrected chi connectivity index (χ4v) is 3.14. The van der Waals surface area contributed by atoms with Crippen LogP contribution in [-0.2, 0) is 6.42 Å². The molecule has 1 fully saturated rings. The molecule has 2 unspecified atom stereocenters. The van der Waals surface area contributed by atoms with Crippen LogP contribution in [0.1, 0.15) is 36.8 Å². The van der Waals surface area contributed by atoms with E-state index in [1.54, 1.807) is 0 Å². The van der Waals surface area contributed by atoms with Gasteiger partial charge in [-0.2, -0.15) is 0 Å². The minimum Gasteiger partial charge on any atom is -0.207 e. The molecule has 1 saturated carbocycles. The molecule has 2 atom stereocenters. The van der Waals surface area contributed by atoms with Crippen LogP contribution >= 0.6 is 11.6 Å². The van der Waals surface area contributed by atoms with Crippen molar-refractivity contribution in [3.05, 3.63) is 35.4 Å². The molecule has 2 rings (SSSR count). The third-order valence-electron chi connectivity index (χ3n) is 3.70.